The van der Waals surface area contributed by atoms with Crippen molar-refractivity contribution in [1.29, 1.82) is 0 Å². The minimum Gasteiger partial charge on any atom is -0.462 e. The van der Waals surface area contributed by atoms with Crippen LogP contribution in [0.25, 0.3) is 0 Å². The Morgan fingerprint density at radius 2 is 0.476 bits per heavy atom. The van der Waals surface area contributed by atoms with E-state index >= 15 is 0 Å². The molecule has 0 N–H and O–H groups in total. The van der Waals surface area contributed by atoms with E-state index < -0.39 is 6.10 Å². The van der Waals surface area contributed by atoms with Crippen LogP contribution < -0.4 is 0 Å². The lowest BCUT2D eigenvalue weighted by atomic mass is 10.0. The highest BCUT2D eigenvalue weighted by Crippen LogP contribution is 2.16. The first-order valence-electron chi connectivity index (χ1n) is 33.1. The average Bonchev–Trinajstić information content (AvgIpc) is 3.47. The van der Waals surface area contributed by atoms with E-state index in [1.165, 1.54) is 96.3 Å². The largest absolute Gasteiger partial charge is 0.462 e. The summed E-state index contributed by atoms with van der Waals surface area (Å²) in [6.07, 6.45) is 101. The normalized spacial score (nSPS) is 13.3. The Balaban J connectivity index is 4.54. The molecule has 6 nitrogen and oxygen atoms in total. The Labute approximate surface area is 504 Å². The highest BCUT2D eigenvalue weighted by molar-refractivity contribution is 5.71. The Kier molecular flexibility index (Phi) is 63.9. The lowest BCUT2D eigenvalue weighted by Crippen LogP contribution is -2.30. The standard InChI is InChI=1S/C76H120O6/c1-4-7-10-13-16-19-22-25-28-31-33-34-35-36-37-38-39-40-41-42-43-46-48-51-54-57-60-63-66-69-75(78)81-72-73(71-80-74(77)68-65-62-59-56-53-50-47-44-30-27-24-21-18-15-12-9-6-3)82-76(79)70-67-64-61-58-55-52-49-45-32-29-26-23-20-17-14-11-8-5-2/h7,9-10,12,16,18-19,21,25,27-28,30,33-34,36-37,39-40,42-43,47-48,50-51,56-57,59-60,73H,4-6,8,11,13-15,17,20,22-24,26,29,31-32,35,38,41,44-46,49,52-55,58,61-72H2,1-3H3/b10-7-,12-9-,19-16-,21-18-,28-25-,30-27-,34-33-,37-36-,40-39-,43-42-,50-47-,51-48-,59-56-,60-57-. The molecule has 0 spiro atoms. The van der Waals surface area contributed by atoms with Gasteiger partial charge in [0.25, 0.3) is 0 Å². The number of hydrogen-bond donors (Lipinski definition) is 0. The zero-order chi connectivity index (χ0) is 59.2. The zero-order valence-electron chi connectivity index (χ0n) is 52.7. The number of allylic oxidation sites excluding steroid dienone is 28. The fourth-order valence-corrected chi connectivity index (χ4v) is 8.60. The van der Waals surface area contributed by atoms with Crippen LogP contribution in [0.5, 0.6) is 0 Å². The van der Waals surface area contributed by atoms with Crippen molar-refractivity contribution in [2.24, 2.45) is 0 Å². The van der Waals surface area contributed by atoms with Gasteiger partial charge in [-0.3, -0.25) is 14.4 Å². The molecule has 0 radical (unpaired) electrons. The highest BCUT2D eigenvalue weighted by atomic mass is 16.6. The van der Waals surface area contributed by atoms with E-state index in [0.29, 0.717) is 19.3 Å². The Bertz CT molecular complexity index is 1870. The Hall–Kier alpha value is -5.23. The molecule has 0 heterocycles. The third-order valence-corrected chi connectivity index (χ3v) is 13.5. The molecule has 0 amide bonds. The summed E-state index contributed by atoms with van der Waals surface area (Å²) >= 11 is 0. The Morgan fingerprint density at radius 3 is 0.732 bits per heavy atom. The third kappa shape index (κ3) is 65.6. The van der Waals surface area contributed by atoms with Crippen molar-refractivity contribution in [2.75, 3.05) is 13.2 Å². The van der Waals surface area contributed by atoms with E-state index in [0.717, 1.165) is 122 Å². The van der Waals surface area contributed by atoms with Crippen LogP contribution in [0.15, 0.2) is 170 Å². The topological polar surface area (TPSA) is 78.9 Å². The van der Waals surface area contributed by atoms with Gasteiger partial charge in [0, 0.05) is 19.3 Å². The van der Waals surface area contributed by atoms with Crippen LogP contribution in [-0.4, -0.2) is 37.2 Å². The molecule has 460 valence electrons. The minimum absolute atomic E-state index is 0.131. The molecule has 0 aromatic carbocycles. The number of esters is 3. The lowest BCUT2D eigenvalue weighted by Gasteiger charge is -2.18. The summed E-state index contributed by atoms with van der Waals surface area (Å²) in [5, 5.41) is 0. The molecule has 0 fully saturated rings. The van der Waals surface area contributed by atoms with Gasteiger partial charge in [-0.1, -0.05) is 300 Å². The maximum Gasteiger partial charge on any atom is 0.306 e. The van der Waals surface area contributed by atoms with Crippen molar-refractivity contribution in [1.82, 2.24) is 0 Å². The fraction of sp³-hybridized carbons (Fsp3) is 0.592. The summed E-state index contributed by atoms with van der Waals surface area (Å²) in [5.41, 5.74) is 0. The lowest BCUT2D eigenvalue weighted by molar-refractivity contribution is -0.167. The fourth-order valence-electron chi connectivity index (χ4n) is 8.60. The minimum atomic E-state index is -0.833. The van der Waals surface area contributed by atoms with Gasteiger partial charge in [-0.05, 0) is 122 Å². The van der Waals surface area contributed by atoms with Gasteiger partial charge in [-0.2, -0.15) is 0 Å². The highest BCUT2D eigenvalue weighted by Gasteiger charge is 2.19. The number of carbonyl (C=O) groups excluding carboxylic acids is 3. The molecule has 0 bridgehead atoms. The molecule has 0 aromatic rings. The number of ether oxygens (including phenoxy) is 3. The quantitative estimate of drug-likeness (QED) is 0.0261. The first kappa shape index (κ1) is 76.8. The van der Waals surface area contributed by atoms with E-state index in [1.807, 2.05) is 0 Å². The van der Waals surface area contributed by atoms with E-state index in [4.69, 9.17) is 14.2 Å². The molecule has 82 heavy (non-hydrogen) atoms. The van der Waals surface area contributed by atoms with Gasteiger partial charge in [0.15, 0.2) is 6.10 Å². The number of hydrogen-bond acceptors (Lipinski definition) is 6. The van der Waals surface area contributed by atoms with Crippen molar-refractivity contribution in [3.63, 3.8) is 0 Å². The maximum atomic E-state index is 12.9. The van der Waals surface area contributed by atoms with Gasteiger partial charge < -0.3 is 14.2 Å². The summed E-state index contributed by atoms with van der Waals surface area (Å²) in [7, 11) is 0. The van der Waals surface area contributed by atoms with Gasteiger partial charge in [0.05, 0.1) is 0 Å². The average molecular weight is 1130 g/mol. The van der Waals surface area contributed by atoms with Crippen LogP contribution in [0, 0.1) is 0 Å². The predicted molar refractivity (Wildman–Crippen MR) is 357 cm³/mol. The second kappa shape index (κ2) is 68.3. The van der Waals surface area contributed by atoms with Crippen molar-refractivity contribution in [2.45, 2.75) is 277 Å². The monoisotopic (exact) mass is 1130 g/mol. The Morgan fingerprint density at radius 1 is 0.256 bits per heavy atom. The van der Waals surface area contributed by atoms with Crippen LogP contribution >= 0.6 is 0 Å². The molecule has 0 aliphatic carbocycles. The number of carbonyl (C=O) groups is 3. The van der Waals surface area contributed by atoms with Crippen molar-refractivity contribution < 1.29 is 28.6 Å². The molecule has 0 saturated heterocycles. The predicted octanol–water partition coefficient (Wildman–Crippen LogP) is 23.0. The second-order valence-electron chi connectivity index (χ2n) is 21.3. The van der Waals surface area contributed by atoms with Crippen molar-refractivity contribution in [3.8, 4) is 0 Å². The van der Waals surface area contributed by atoms with Gasteiger partial charge in [-0.15, -0.1) is 0 Å². The molecule has 0 aromatic heterocycles. The summed E-state index contributed by atoms with van der Waals surface area (Å²) in [6.45, 7) is 6.32. The number of unbranched alkanes of at least 4 members (excludes halogenated alkanes) is 19. The molecule has 1 unspecified atom stereocenters. The molecule has 6 heteroatoms. The van der Waals surface area contributed by atoms with E-state index in [1.54, 1.807) is 0 Å². The zero-order valence-corrected chi connectivity index (χ0v) is 52.7. The van der Waals surface area contributed by atoms with Gasteiger partial charge in [0.1, 0.15) is 13.2 Å². The summed E-state index contributed by atoms with van der Waals surface area (Å²) in [6, 6.07) is 0. The SMILES string of the molecule is CC/C=C\C/C=C\C/C=C\C/C=C\C/C=C\C/C=C\C/C=C\C/C=C\C/C=C\CCCC(=O)OCC(COC(=O)CCC/C=C\C/C=C\C/C=C\C/C=C\C/C=C\CC)OC(=O)CCCCCCCCCCCCCCCCCCCC. The first-order chi connectivity index (χ1) is 40.5. The van der Waals surface area contributed by atoms with E-state index in [2.05, 4.69) is 191 Å². The van der Waals surface area contributed by atoms with E-state index in [9.17, 15) is 14.4 Å². The van der Waals surface area contributed by atoms with Gasteiger partial charge in [-0.25, -0.2) is 0 Å². The number of rotatable bonds is 58. The van der Waals surface area contributed by atoms with Crippen molar-refractivity contribution in [3.05, 3.63) is 170 Å². The van der Waals surface area contributed by atoms with Gasteiger partial charge in [0.2, 0.25) is 0 Å². The first-order valence-corrected chi connectivity index (χ1v) is 33.1. The molecular weight excluding hydrogens is 1010 g/mol. The van der Waals surface area contributed by atoms with Crippen LogP contribution in [0.4, 0.5) is 0 Å². The van der Waals surface area contributed by atoms with Crippen LogP contribution in [0.2, 0.25) is 0 Å². The third-order valence-electron chi connectivity index (χ3n) is 13.5. The molecule has 0 aliphatic heterocycles. The summed E-state index contributed by atoms with van der Waals surface area (Å²) in [5.74, 6) is -1.04. The summed E-state index contributed by atoms with van der Waals surface area (Å²) < 4.78 is 16.8. The van der Waals surface area contributed by atoms with Crippen LogP contribution in [0.1, 0.15) is 271 Å². The second-order valence-corrected chi connectivity index (χ2v) is 21.3. The maximum absolute atomic E-state index is 12.9. The van der Waals surface area contributed by atoms with Crippen LogP contribution in [-0.2, 0) is 28.6 Å². The summed E-state index contributed by atoms with van der Waals surface area (Å²) in [4.78, 5) is 38.3. The van der Waals surface area contributed by atoms with E-state index in [-0.39, 0.29) is 44.0 Å². The van der Waals surface area contributed by atoms with Crippen LogP contribution in [0.3, 0.4) is 0 Å². The molecule has 0 aliphatic rings. The molecular formula is C76H120O6. The molecule has 1 atom stereocenters. The van der Waals surface area contributed by atoms with Gasteiger partial charge >= 0.3 is 17.9 Å². The smallest absolute Gasteiger partial charge is 0.306 e. The molecule has 0 rings (SSSR count). The molecule has 0 saturated carbocycles. The van der Waals surface area contributed by atoms with Crippen molar-refractivity contribution >= 4 is 17.9 Å².